The van der Waals surface area contributed by atoms with Crippen molar-refractivity contribution in [3.63, 3.8) is 0 Å². The van der Waals surface area contributed by atoms with E-state index in [1.54, 1.807) is 18.3 Å². The Morgan fingerprint density at radius 3 is 1.75 bits per heavy atom. The van der Waals surface area contributed by atoms with Gasteiger partial charge in [-0.3, -0.25) is 9.79 Å². The van der Waals surface area contributed by atoms with Crippen LogP contribution in [0, 0.1) is 63.7 Å². The van der Waals surface area contributed by atoms with E-state index in [4.69, 9.17) is 4.74 Å². The van der Waals surface area contributed by atoms with Gasteiger partial charge in [0, 0.05) is 30.2 Å². The molecule has 2 fully saturated rings. The average molecular weight is 636 g/mol. The predicted molar refractivity (Wildman–Crippen MR) is 179 cm³/mol. The van der Waals surface area contributed by atoms with Crippen LogP contribution in [0.15, 0.2) is 47.5 Å². The monoisotopic (exact) mass is 635 g/mol. The number of phenolic OH excluding ortho intramolecular Hbond substituents is 1. The van der Waals surface area contributed by atoms with Gasteiger partial charge in [0.2, 0.25) is 0 Å². The first-order chi connectivity index (χ1) is 21.2. The van der Waals surface area contributed by atoms with E-state index in [2.05, 4.69) is 24.8 Å². The number of benzene rings is 2. The number of phenols is 1. The van der Waals surface area contributed by atoms with Crippen molar-refractivity contribution in [1.29, 1.82) is 0 Å². The molecule has 44 heavy (non-hydrogen) atoms. The molecule has 0 aromatic heterocycles. The van der Waals surface area contributed by atoms with Crippen LogP contribution in [-0.2, 0) is 21.9 Å². The Balaban J connectivity index is 0.00000102. The number of unbranched alkanes of at least 4 members (excludes halogenated alkanes) is 12. The minimum absolute atomic E-state index is 0. The smallest absolute Gasteiger partial charge is 0.507 e. The Bertz CT molecular complexity index is 1030. The van der Waals surface area contributed by atoms with E-state index < -0.39 is 0 Å². The number of carbonyl (C=O) groups is 1. The van der Waals surface area contributed by atoms with Crippen molar-refractivity contribution in [3.8, 4) is 11.5 Å². The molecule has 0 aliphatic heterocycles. The normalized spacial score (nSPS) is 14.8. The van der Waals surface area contributed by atoms with Gasteiger partial charge in [0.05, 0.1) is 5.69 Å². The van der Waals surface area contributed by atoms with Gasteiger partial charge in [-0.15, -0.1) is 0 Å². The van der Waals surface area contributed by atoms with Gasteiger partial charge in [-0.05, 0) is 94.0 Å². The van der Waals surface area contributed by atoms with Crippen LogP contribution in [0.5, 0.6) is 11.5 Å². The van der Waals surface area contributed by atoms with E-state index >= 15 is 0 Å². The third-order valence-corrected chi connectivity index (χ3v) is 7.49. The zero-order valence-corrected chi connectivity index (χ0v) is 27.4. The maximum Gasteiger partial charge on any atom is 2.00 e. The molecule has 0 spiro atoms. The fourth-order valence-electron chi connectivity index (χ4n) is 4.94. The molecule has 0 amide bonds. The molecular weight excluding hydrogens is 586 g/mol. The molecule has 2 aliphatic rings. The fraction of sp³-hybridized carbons (Fsp3) is 0.385. The van der Waals surface area contributed by atoms with Crippen LogP contribution in [0.1, 0.15) is 108 Å². The van der Waals surface area contributed by atoms with E-state index in [9.17, 15) is 9.90 Å². The van der Waals surface area contributed by atoms with Gasteiger partial charge >= 0.3 is 23.0 Å². The molecule has 0 atom stereocenters. The summed E-state index contributed by atoms with van der Waals surface area (Å²) in [6.07, 6.45) is 36.8. The zero-order valence-electron chi connectivity index (χ0n) is 26.3. The third-order valence-electron chi connectivity index (χ3n) is 7.49. The Hall–Kier alpha value is -2.10. The van der Waals surface area contributed by atoms with Gasteiger partial charge in [0.15, 0.2) is 0 Å². The Morgan fingerprint density at radius 2 is 1.23 bits per heavy atom. The molecule has 2 aromatic rings. The summed E-state index contributed by atoms with van der Waals surface area (Å²) in [6, 6.07) is 12.8. The number of esters is 1. The third kappa shape index (κ3) is 16.3. The van der Waals surface area contributed by atoms with E-state index in [-0.39, 0.29) is 28.8 Å². The van der Waals surface area contributed by atoms with Crippen LogP contribution in [0.2, 0.25) is 0 Å². The summed E-state index contributed by atoms with van der Waals surface area (Å²) >= 11 is 0. The molecule has 4 rings (SSSR count). The summed E-state index contributed by atoms with van der Waals surface area (Å²) in [5, 5.41) is 10.4. The molecule has 0 bridgehead atoms. The van der Waals surface area contributed by atoms with Crippen molar-refractivity contribution in [3.05, 3.63) is 117 Å². The molecular formula is C39H49FeNO3+2. The van der Waals surface area contributed by atoms with Crippen LogP contribution in [-0.4, -0.2) is 17.3 Å². The number of aliphatic imine (C=N–C) groups is 1. The van der Waals surface area contributed by atoms with Crippen LogP contribution >= 0.6 is 0 Å². The Labute approximate surface area is 279 Å². The molecule has 1 N–H and O–H groups in total. The number of hydrogen-bond donors (Lipinski definition) is 1. The first-order valence-corrected chi connectivity index (χ1v) is 16.2. The average Bonchev–Trinajstić information content (AvgIpc) is 3.78. The number of aromatic hydroxyl groups is 1. The minimum Gasteiger partial charge on any atom is -0.507 e. The number of rotatable bonds is 18. The summed E-state index contributed by atoms with van der Waals surface area (Å²) in [5.41, 5.74) is 2.51. The van der Waals surface area contributed by atoms with Gasteiger partial charge in [0.25, 0.3) is 0 Å². The van der Waals surface area contributed by atoms with Gasteiger partial charge < -0.3 is 9.84 Å². The zero-order chi connectivity index (χ0) is 30.4. The second kappa shape index (κ2) is 24.2. The van der Waals surface area contributed by atoms with E-state index in [1.807, 2.05) is 69.2 Å². The number of ether oxygens (including phenoxy) is 1. The molecule has 0 heterocycles. The summed E-state index contributed by atoms with van der Waals surface area (Å²) < 4.78 is 5.43. The first-order valence-electron chi connectivity index (χ1n) is 16.2. The topological polar surface area (TPSA) is 58.9 Å². The second-order valence-electron chi connectivity index (χ2n) is 11.1. The summed E-state index contributed by atoms with van der Waals surface area (Å²) in [5.74, 6) is 1.32. The summed E-state index contributed by atoms with van der Waals surface area (Å²) in [6.45, 7) is 2.26. The van der Waals surface area contributed by atoms with Gasteiger partial charge in [0.1, 0.15) is 11.5 Å². The van der Waals surface area contributed by atoms with Crippen LogP contribution in [0.4, 0.5) is 5.69 Å². The summed E-state index contributed by atoms with van der Waals surface area (Å²) in [4.78, 5) is 16.7. The molecule has 0 saturated heterocycles. The van der Waals surface area contributed by atoms with Crippen molar-refractivity contribution in [2.45, 2.75) is 96.8 Å². The van der Waals surface area contributed by atoms with Gasteiger partial charge in [-0.25, -0.2) is 0 Å². The number of hydrogen-bond acceptors (Lipinski definition) is 4. The molecule has 0 unspecified atom stereocenters. The quantitative estimate of drug-likeness (QED) is 0.0583. The van der Waals surface area contributed by atoms with Crippen LogP contribution in [0.3, 0.4) is 0 Å². The molecule has 2 aromatic carbocycles. The molecule has 234 valence electrons. The van der Waals surface area contributed by atoms with E-state index in [1.165, 1.54) is 82.6 Å². The van der Waals surface area contributed by atoms with E-state index in [0.717, 1.165) is 24.1 Å². The maximum absolute atomic E-state index is 12.2. The minimum atomic E-state index is -0.251. The predicted octanol–water partition coefficient (Wildman–Crippen LogP) is 10.3. The standard InChI is InChI=1S/C34H44NO3.C5H5.Fe/c1-2-3-4-5-6-7-8-9-10-11-12-13-14-19-34(37)38-32-25-22-30(33(36)26-32)27-35-31-23-20-29(21-24-31)28-17-15-16-18-28;1-2-4-5-3-1;/h15-18,20-27,36H,2-14,19H2,1H3;1-5H;/q;;+2. The largest absolute Gasteiger partial charge is 2.00 e. The first kappa shape index (κ1) is 38.1. The van der Waals surface area contributed by atoms with Gasteiger partial charge in [-0.2, -0.15) is 0 Å². The summed E-state index contributed by atoms with van der Waals surface area (Å²) in [7, 11) is 0. The second-order valence-corrected chi connectivity index (χ2v) is 11.1. The van der Waals surface area contributed by atoms with Crippen LogP contribution in [0.25, 0.3) is 0 Å². The van der Waals surface area contributed by atoms with Crippen molar-refractivity contribution >= 4 is 17.9 Å². The van der Waals surface area contributed by atoms with Crippen molar-refractivity contribution in [1.82, 2.24) is 0 Å². The number of carbonyl (C=O) groups excluding carboxylic acids is 1. The molecule has 10 radical (unpaired) electrons. The fourth-order valence-corrected chi connectivity index (χ4v) is 4.94. The molecule has 2 aliphatic carbocycles. The Morgan fingerprint density at radius 1 is 0.705 bits per heavy atom. The maximum atomic E-state index is 12.2. The van der Waals surface area contributed by atoms with Crippen molar-refractivity contribution in [2.75, 3.05) is 0 Å². The van der Waals surface area contributed by atoms with E-state index in [0.29, 0.717) is 17.7 Å². The Kier molecular flexibility index (Phi) is 20.9. The van der Waals surface area contributed by atoms with Crippen molar-refractivity contribution in [2.24, 2.45) is 4.99 Å². The molecule has 5 heteroatoms. The number of nitrogens with zero attached hydrogens (tertiary/aromatic N) is 1. The SMILES string of the molecule is CCCCCCCCCCCCCCCC(=O)Oc1ccc(C=Nc2ccc([C]3[CH][CH][CH][CH]3)cc2)c(O)c1.[CH]1[CH][CH][CH][CH]1.[Fe+2]. The molecule has 4 nitrogen and oxygen atoms in total. The molecule has 2 saturated carbocycles. The van der Waals surface area contributed by atoms with Gasteiger partial charge in [-0.1, -0.05) is 96.1 Å². The van der Waals surface area contributed by atoms with Crippen molar-refractivity contribution < 1.29 is 31.7 Å². The van der Waals surface area contributed by atoms with Crippen LogP contribution < -0.4 is 4.74 Å².